The smallest absolute Gasteiger partial charge is 0.410 e. The van der Waals surface area contributed by atoms with E-state index in [2.05, 4.69) is 48.5 Å². The fourth-order valence-electron chi connectivity index (χ4n) is 7.64. The van der Waals surface area contributed by atoms with Crippen LogP contribution < -0.4 is 0 Å². The van der Waals surface area contributed by atoms with Crippen LogP contribution in [0.5, 0.6) is 0 Å². The van der Waals surface area contributed by atoms with Gasteiger partial charge in [0.15, 0.2) is 0 Å². The van der Waals surface area contributed by atoms with Crippen molar-refractivity contribution in [1.82, 2.24) is 4.90 Å². The minimum atomic E-state index is -0.181. The van der Waals surface area contributed by atoms with Crippen LogP contribution in [0.25, 0.3) is 11.1 Å². The third-order valence-corrected chi connectivity index (χ3v) is 9.50. The summed E-state index contributed by atoms with van der Waals surface area (Å²) in [6.07, 6.45) is 13.0. The number of fused-ring (bicyclic) bond motifs is 5. The highest BCUT2D eigenvalue weighted by atomic mass is 16.6. The summed E-state index contributed by atoms with van der Waals surface area (Å²) in [5.74, 6) is 1.41. The van der Waals surface area contributed by atoms with E-state index in [4.69, 9.17) is 4.74 Å². The van der Waals surface area contributed by atoms with Crippen LogP contribution in [0.2, 0.25) is 0 Å². The maximum Gasteiger partial charge on any atom is 0.410 e. The predicted octanol–water partition coefficient (Wildman–Crippen LogP) is 7.50. The van der Waals surface area contributed by atoms with E-state index in [1.54, 1.807) is 0 Å². The summed E-state index contributed by atoms with van der Waals surface area (Å²) in [6, 6.07) is 17.2. The van der Waals surface area contributed by atoms with Gasteiger partial charge in [0.2, 0.25) is 0 Å². The number of piperidine rings is 2. The van der Waals surface area contributed by atoms with Gasteiger partial charge >= 0.3 is 6.09 Å². The largest absolute Gasteiger partial charge is 0.448 e. The van der Waals surface area contributed by atoms with Crippen LogP contribution in [0, 0.1) is 11.8 Å². The van der Waals surface area contributed by atoms with Crippen LogP contribution in [0.3, 0.4) is 0 Å². The van der Waals surface area contributed by atoms with E-state index in [0.717, 1.165) is 50.9 Å². The number of hydrogen-bond acceptors (Lipinski definition) is 3. The molecule has 2 aliphatic carbocycles. The van der Waals surface area contributed by atoms with Crippen molar-refractivity contribution in [2.45, 2.75) is 95.1 Å². The molecule has 36 heavy (non-hydrogen) atoms. The molecule has 1 amide bonds. The van der Waals surface area contributed by atoms with E-state index in [9.17, 15) is 9.59 Å². The quantitative estimate of drug-likeness (QED) is 0.426. The van der Waals surface area contributed by atoms with Gasteiger partial charge in [0, 0.05) is 30.3 Å². The molecule has 3 fully saturated rings. The van der Waals surface area contributed by atoms with Crippen molar-refractivity contribution in [3.8, 4) is 11.1 Å². The number of amides is 1. The van der Waals surface area contributed by atoms with E-state index in [0.29, 0.717) is 12.4 Å². The van der Waals surface area contributed by atoms with Crippen LogP contribution in [0.1, 0.15) is 94.1 Å². The van der Waals surface area contributed by atoms with Crippen LogP contribution in [-0.2, 0) is 9.53 Å². The van der Waals surface area contributed by atoms with E-state index < -0.39 is 0 Å². The Morgan fingerprint density at radius 1 is 0.778 bits per heavy atom. The zero-order valence-electron chi connectivity index (χ0n) is 21.4. The van der Waals surface area contributed by atoms with Crippen molar-refractivity contribution in [3.05, 3.63) is 59.7 Å². The first-order valence-electron chi connectivity index (χ1n) is 14.3. The van der Waals surface area contributed by atoms with Crippen molar-refractivity contribution < 1.29 is 14.3 Å². The molecule has 2 unspecified atom stereocenters. The Labute approximate surface area is 215 Å². The van der Waals surface area contributed by atoms with Crippen molar-refractivity contribution >= 4 is 11.9 Å². The molecule has 2 heterocycles. The Balaban J connectivity index is 1.08. The summed E-state index contributed by atoms with van der Waals surface area (Å²) in [5, 5.41) is 0. The molecule has 2 bridgehead atoms. The van der Waals surface area contributed by atoms with Gasteiger partial charge in [-0.25, -0.2) is 4.79 Å². The molecule has 2 aromatic carbocycles. The van der Waals surface area contributed by atoms with Crippen molar-refractivity contribution in [2.75, 3.05) is 6.61 Å². The lowest BCUT2D eigenvalue weighted by Crippen LogP contribution is -2.55. The van der Waals surface area contributed by atoms with Gasteiger partial charge in [0.25, 0.3) is 0 Å². The first-order valence-corrected chi connectivity index (χ1v) is 14.3. The number of rotatable bonds is 6. The summed E-state index contributed by atoms with van der Waals surface area (Å²) >= 11 is 0. The highest BCUT2D eigenvalue weighted by molar-refractivity contribution is 5.82. The zero-order valence-corrected chi connectivity index (χ0v) is 21.4. The van der Waals surface area contributed by atoms with Gasteiger partial charge in [0.05, 0.1) is 0 Å². The van der Waals surface area contributed by atoms with Gasteiger partial charge in [-0.05, 0) is 66.7 Å². The summed E-state index contributed by atoms with van der Waals surface area (Å²) < 4.78 is 6.04. The summed E-state index contributed by atoms with van der Waals surface area (Å²) in [6.45, 7) is 0.368. The molecule has 0 aromatic heterocycles. The SMILES string of the molecule is O=C(CCC1CCCCC1)C1CC2CCCC(C1)N2C(=O)OCC1c2ccccc2-c2ccccc21. The molecule has 0 radical (unpaired) electrons. The first kappa shape index (κ1) is 23.8. The summed E-state index contributed by atoms with van der Waals surface area (Å²) in [4.78, 5) is 28.6. The van der Waals surface area contributed by atoms with Gasteiger partial charge in [0.1, 0.15) is 12.4 Å². The fraction of sp³-hybridized carbons (Fsp3) is 0.562. The Hall–Kier alpha value is -2.62. The Morgan fingerprint density at radius 2 is 1.39 bits per heavy atom. The second-order valence-corrected chi connectivity index (χ2v) is 11.6. The van der Waals surface area contributed by atoms with Crippen molar-refractivity contribution in [2.24, 2.45) is 11.8 Å². The summed E-state index contributed by atoms with van der Waals surface area (Å²) in [7, 11) is 0. The molecule has 2 aromatic rings. The third kappa shape index (κ3) is 4.60. The van der Waals surface area contributed by atoms with E-state index in [1.807, 2.05) is 4.90 Å². The number of hydrogen-bond donors (Lipinski definition) is 0. The van der Waals surface area contributed by atoms with Crippen LogP contribution >= 0.6 is 0 Å². The summed E-state index contributed by atoms with van der Waals surface area (Å²) in [5.41, 5.74) is 4.99. The third-order valence-electron chi connectivity index (χ3n) is 9.50. The maximum atomic E-state index is 13.4. The average molecular weight is 486 g/mol. The normalized spacial score (nSPS) is 25.8. The number of ketones is 1. The Bertz CT molecular complexity index is 1040. The standard InChI is InChI=1S/C32H39NO3/c34-31(18-17-22-9-2-1-3-10-22)23-19-24-11-8-12-25(20-23)33(24)32(35)36-21-30-28-15-6-4-13-26(28)27-14-5-7-16-29(27)30/h4-7,13-16,22-25,30H,1-3,8-12,17-21H2. The molecule has 4 nitrogen and oxygen atoms in total. The highest BCUT2D eigenvalue weighted by Crippen LogP contribution is 2.45. The van der Waals surface area contributed by atoms with Gasteiger partial charge in [-0.1, -0.05) is 80.6 Å². The molecule has 0 spiro atoms. The van der Waals surface area contributed by atoms with Crippen LogP contribution in [-0.4, -0.2) is 35.5 Å². The number of carbonyl (C=O) groups is 2. The van der Waals surface area contributed by atoms with Gasteiger partial charge in [-0.3, -0.25) is 4.79 Å². The molecule has 2 atom stereocenters. The van der Waals surface area contributed by atoms with Gasteiger partial charge in [-0.2, -0.15) is 0 Å². The molecule has 2 saturated heterocycles. The van der Waals surface area contributed by atoms with E-state index in [-0.39, 0.29) is 30.0 Å². The van der Waals surface area contributed by atoms with Gasteiger partial charge in [-0.15, -0.1) is 0 Å². The van der Waals surface area contributed by atoms with Crippen molar-refractivity contribution in [3.63, 3.8) is 0 Å². The number of nitrogens with zero attached hydrogens (tertiary/aromatic N) is 1. The average Bonchev–Trinajstić information content (AvgIpc) is 3.24. The minimum Gasteiger partial charge on any atom is -0.448 e. The number of Topliss-reactive ketones (excluding diaryl/α,β-unsaturated/α-hetero) is 1. The lowest BCUT2D eigenvalue weighted by Gasteiger charge is -2.47. The molecular formula is C32H39NO3. The lowest BCUT2D eigenvalue weighted by atomic mass is 9.75. The zero-order chi connectivity index (χ0) is 24.5. The molecule has 6 rings (SSSR count). The van der Waals surface area contributed by atoms with Crippen LogP contribution in [0.15, 0.2) is 48.5 Å². The molecule has 2 aliphatic heterocycles. The molecule has 4 heteroatoms. The molecule has 190 valence electrons. The molecule has 4 aliphatic rings. The lowest BCUT2D eigenvalue weighted by molar-refractivity contribution is -0.127. The van der Waals surface area contributed by atoms with E-state index in [1.165, 1.54) is 54.4 Å². The second-order valence-electron chi connectivity index (χ2n) is 11.6. The minimum absolute atomic E-state index is 0.0834. The Kier molecular flexibility index (Phi) is 6.86. The topological polar surface area (TPSA) is 46.6 Å². The molecule has 1 saturated carbocycles. The van der Waals surface area contributed by atoms with Crippen LogP contribution in [0.4, 0.5) is 4.79 Å². The molecule has 0 N–H and O–H groups in total. The Morgan fingerprint density at radius 3 is 2.03 bits per heavy atom. The van der Waals surface area contributed by atoms with E-state index >= 15 is 0 Å². The number of ether oxygens (including phenoxy) is 1. The monoisotopic (exact) mass is 485 g/mol. The van der Waals surface area contributed by atoms with Gasteiger partial charge < -0.3 is 9.64 Å². The maximum absolute atomic E-state index is 13.4. The first-order chi connectivity index (χ1) is 17.7. The second kappa shape index (κ2) is 10.4. The number of benzene rings is 2. The number of carbonyl (C=O) groups excluding carboxylic acids is 2. The molecular weight excluding hydrogens is 446 g/mol. The van der Waals surface area contributed by atoms with Crippen molar-refractivity contribution in [1.29, 1.82) is 0 Å². The predicted molar refractivity (Wildman–Crippen MR) is 142 cm³/mol. The fourth-order valence-corrected chi connectivity index (χ4v) is 7.64. The highest BCUT2D eigenvalue weighted by Gasteiger charge is 2.44.